The minimum Gasteiger partial charge on any atom is -0.383 e. The quantitative estimate of drug-likeness (QED) is 0.825. The molecule has 2 fully saturated rings. The van der Waals surface area contributed by atoms with Crippen LogP contribution < -0.4 is 10.6 Å². The lowest BCUT2D eigenvalue weighted by molar-refractivity contribution is -0.133. The number of rotatable bonds is 3. The molecule has 7 heteroatoms. The smallest absolute Gasteiger partial charge is 0.247 e. The van der Waals surface area contributed by atoms with E-state index in [0.29, 0.717) is 19.5 Å². The summed E-state index contributed by atoms with van der Waals surface area (Å²) in [5, 5.41) is 6.41. The van der Waals surface area contributed by atoms with Crippen molar-refractivity contribution < 1.29 is 9.59 Å². The van der Waals surface area contributed by atoms with Crippen LogP contribution in [0.15, 0.2) is 24.3 Å². The van der Waals surface area contributed by atoms with Gasteiger partial charge in [-0.2, -0.15) is 0 Å². The SMILES string of the molecule is CN1CCN(CCN2C(=O)CC3CNc4ccccc4NC(=O)C32)CC1. The van der Waals surface area contributed by atoms with E-state index < -0.39 is 0 Å². The summed E-state index contributed by atoms with van der Waals surface area (Å²) in [5.41, 5.74) is 1.71. The highest BCUT2D eigenvalue weighted by Crippen LogP contribution is 2.31. The zero-order chi connectivity index (χ0) is 18.1. The van der Waals surface area contributed by atoms with E-state index in [9.17, 15) is 9.59 Å². The van der Waals surface area contributed by atoms with Gasteiger partial charge >= 0.3 is 0 Å². The molecule has 3 aliphatic rings. The van der Waals surface area contributed by atoms with Crippen LogP contribution in [-0.4, -0.2) is 85.4 Å². The summed E-state index contributed by atoms with van der Waals surface area (Å²) in [5.74, 6) is 0.0496. The molecule has 7 nitrogen and oxygen atoms in total. The van der Waals surface area contributed by atoms with Crippen LogP contribution in [0, 0.1) is 5.92 Å². The number of likely N-dealkylation sites (N-methyl/N-ethyl adjacent to an activating group) is 1. The van der Waals surface area contributed by atoms with E-state index >= 15 is 0 Å². The normalized spacial score (nSPS) is 27.2. The molecule has 2 amide bonds. The number of fused-ring (bicyclic) bond motifs is 2. The first-order chi connectivity index (χ1) is 12.6. The molecule has 0 saturated carbocycles. The molecule has 3 aliphatic heterocycles. The van der Waals surface area contributed by atoms with Crippen LogP contribution >= 0.6 is 0 Å². The van der Waals surface area contributed by atoms with Gasteiger partial charge in [0, 0.05) is 58.2 Å². The molecule has 2 N–H and O–H groups in total. The zero-order valence-corrected chi connectivity index (χ0v) is 15.3. The van der Waals surface area contributed by atoms with E-state index in [4.69, 9.17) is 0 Å². The lowest BCUT2D eigenvalue weighted by Gasteiger charge is -2.35. The first-order valence-electron chi connectivity index (χ1n) is 9.46. The predicted octanol–water partition coefficient (Wildman–Crippen LogP) is 0.515. The van der Waals surface area contributed by atoms with Gasteiger partial charge in [-0.3, -0.25) is 14.5 Å². The fourth-order valence-electron chi connectivity index (χ4n) is 4.18. The fraction of sp³-hybridized carbons (Fsp3) is 0.579. The van der Waals surface area contributed by atoms with Crippen molar-refractivity contribution in [1.29, 1.82) is 0 Å². The van der Waals surface area contributed by atoms with Crippen molar-refractivity contribution in [2.75, 3.05) is 63.5 Å². The third-order valence-corrected chi connectivity index (χ3v) is 5.80. The van der Waals surface area contributed by atoms with Gasteiger partial charge in [0.1, 0.15) is 6.04 Å². The maximum absolute atomic E-state index is 12.9. The number of hydrogen-bond donors (Lipinski definition) is 2. The number of para-hydroxylation sites is 2. The number of nitrogens with zero attached hydrogens (tertiary/aromatic N) is 3. The van der Waals surface area contributed by atoms with Crippen LogP contribution in [0.1, 0.15) is 6.42 Å². The molecular formula is C19H27N5O2. The number of nitrogens with one attached hydrogen (secondary N) is 2. The van der Waals surface area contributed by atoms with Gasteiger partial charge in [-0.1, -0.05) is 12.1 Å². The van der Waals surface area contributed by atoms with E-state index in [1.54, 1.807) is 4.90 Å². The Bertz CT molecular complexity index is 686. The van der Waals surface area contributed by atoms with E-state index in [-0.39, 0.29) is 23.8 Å². The number of amides is 2. The van der Waals surface area contributed by atoms with Crippen LogP contribution in [0.4, 0.5) is 11.4 Å². The molecule has 4 rings (SSSR count). The molecule has 0 radical (unpaired) electrons. The average molecular weight is 357 g/mol. The highest BCUT2D eigenvalue weighted by atomic mass is 16.2. The van der Waals surface area contributed by atoms with E-state index in [1.165, 1.54) is 0 Å². The first kappa shape index (κ1) is 17.3. The Morgan fingerprint density at radius 1 is 1.04 bits per heavy atom. The standard InChI is InChI=1S/C19H27N5O2/c1-22-6-8-23(9-7-22)10-11-24-17(25)12-14-13-20-15-4-2-3-5-16(15)21-19(26)18(14)24/h2-5,14,18,20H,6-13H2,1H3,(H,21,26). The maximum Gasteiger partial charge on any atom is 0.247 e. The summed E-state index contributed by atoms with van der Waals surface area (Å²) in [6, 6.07) is 7.32. The van der Waals surface area contributed by atoms with Crippen LogP contribution in [0.3, 0.4) is 0 Å². The van der Waals surface area contributed by atoms with Gasteiger partial charge in [-0.15, -0.1) is 0 Å². The number of anilines is 2. The summed E-state index contributed by atoms with van der Waals surface area (Å²) in [6.45, 7) is 6.26. The predicted molar refractivity (Wildman–Crippen MR) is 101 cm³/mol. The number of likely N-dealkylation sites (tertiary alicyclic amines) is 1. The summed E-state index contributed by atoms with van der Waals surface area (Å²) in [6.07, 6.45) is 0.440. The number of hydrogen-bond acceptors (Lipinski definition) is 5. The second-order valence-corrected chi connectivity index (χ2v) is 7.56. The molecule has 3 heterocycles. The molecule has 0 bridgehead atoms. The maximum atomic E-state index is 12.9. The van der Waals surface area contributed by atoms with Crippen LogP contribution in [0.5, 0.6) is 0 Å². The lowest BCUT2D eigenvalue weighted by Crippen LogP contribution is -2.51. The molecule has 26 heavy (non-hydrogen) atoms. The van der Waals surface area contributed by atoms with Gasteiger partial charge in [0.15, 0.2) is 0 Å². The van der Waals surface area contributed by atoms with Crippen molar-refractivity contribution in [2.24, 2.45) is 5.92 Å². The lowest BCUT2D eigenvalue weighted by atomic mass is 9.98. The zero-order valence-electron chi connectivity index (χ0n) is 15.3. The van der Waals surface area contributed by atoms with Crippen molar-refractivity contribution in [3.8, 4) is 0 Å². The number of carbonyl (C=O) groups is 2. The first-order valence-corrected chi connectivity index (χ1v) is 9.46. The Kier molecular flexibility index (Phi) is 4.82. The largest absolute Gasteiger partial charge is 0.383 e. The summed E-state index contributed by atoms with van der Waals surface area (Å²) in [7, 11) is 2.13. The van der Waals surface area contributed by atoms with Gasteiger partial charge in [-0.25, -0.2) is 0 Å². The summed E-state index contributed by atoms with van der Waals surface area (Å²) >= 11 is 0. The molecule has 0 aromatic heterocycles. The van der Waals surface area contributed by atoms with Crippen molar-refractivity contribution in [1.82, 2.24) is 14.7 Å². The Balaban J connectivity index is 1.45. The van der Waals surface area contributed by atoms with Crippen LogP contribution in [-0.2, 0) is 9.59 Å². The second kappa shape index (κ2) is 7.25. The number of benzene rings is 1. The Morgan fingerprint density at radius 2 is 1.77 bits per heavy atom. The molecule has 1 aromatic rings. The van der Waals surface area contributed by atoms with Gasteiger partial charge in [-0.05, 0) is 19.2 Å². The average Bonchev–Trinajstić information content (AvgIpc) is 2.94. The van der Waals surface area contributed by atoms with Gasteiger partial charge in [0.2, 0.25) is 11.8 Å². The molecule has 2 atom stereocenters. The van der Waals surface area contributed by atoms with Crippen molar-refractivity contribution >= 4 is 23.2 Å². The molecular weight excluding hydrogens is 330 g/mol. The fourth-order valence-corrected chi connectivity index (χ4v) is 4.18. The topological polar surface area (TPSA) is 67.9 Å². The van der Waals surface area contributed by atoms with E-state index in [2.05, 4.69) is 27.5 Å². The Morgan fingerprint density at radius 3 is 2.54 bits per heavy atom. The minimum absolute atomic E-state index is 0.0170. The van der Waals surface area contributed by atoms with Crippen molar-refractivity contribution in [3.05, 3.63) is 24.3 Å². The minimum atomic E-state index is -0.379. The summed E-state index contributed by atoms with van der Waals surface area (Å²) in [4.78, 5) is 32.0. The summed E-state index contributed by atoms with van der Waals surface area (Å²) < 4.78 is 0. The van der Waals surface area contributed by atoms with E-state index in [0.717, 1.165) is 44.1 Å². The molecule has 140 valence electrons. The molecule has 2 saturated heterocycles. The number of piperazine rings is 1. The monoisotopic (exact) mass is 357 g/mol. The molecule has 2 unspecified atom stereocenters. The molecule has 1 aromatic carbocycles. The van der Waals surface area contributed by atoms with Crippen molar-refractivity contribution in [2.45, 2.75) is 12.5 Å². The van der Waals surface area contributed by atoms with E-state index in [1.807, 2.05) is 24.3 Å². The van der Waals surface area contributed by atoms with Crippen LogP contribution in [0.2, 0.25) is 0 Å². The molecule has 0 aliphatic carbocycles. The molecule has 0 spiro atoms. The number of carbonyl (C=O) groups excluding carboxylic acids is 2. The highest BCUT2D eigenvalue weighted by molar-refractivity contribution is 6.02. The van der Waals surface area contributed by atoms with Crippen molar-refractivity contribution in [3.63, 3.8) is 0 Å². The van der Waals surface area contributed by atoms with Crippen LogP contribution in [0.25, 0.3) is 0 Å². The second-order valence-electron chi connectivity index (χ2n) is 7.56. The third-order valence-electron chi connectivity index (χ3n) is 5.80. The Hall–Kier alpha value is -2.12. The third kappa shape index (κ3) is 3.41. The van der Waals surface area contributed by atoms with Gasteiger partial charge in [0.05, 0.1) is 11.4 Å². The Labute approximate surface area is 154 Å². The van der Waals surface area contributed by atoms with Gasteiger partial charge in [0.25, 0.3) is 0 Å². The highest BCUT2D eigenvalue weighted by Gasteiger charge is 2.44. The van der Waals surface area contributed by atoms with Gasteiger partial charge < -0.3 is 20.4 Å².